The van der Waals surface area contributed by atoms with Gasteiger partial charge in [-0.25, -0.2) is 0 Å². The van der Waals surface area contributed by atoms with Gasteiger partial charge in [-0.05, 0) is 45.4 Å². The topological polar surface area (TPSA) is 58.6 Å². The number of rotatable bonds is 6. The van der Waals surface area contributed by atoms with E-state index in [0.717, 1.165) is 19.3 Å². The van der Waals surface area contributed by atoms with Crippen molar-refractivity contribution >= 4 is 11.8 Å². The molecule has 0 radical (unpaired) electrons. The van der Waals surface area contributed by atoms with E-state index >= 15 is 0 Å². The van der Waals surface area contributed by atoms with E-state index in [9.17, 15) is 9.59 Å². The fourth-order valence-corrected chi connectivity index (χ4v) is 3.27. The Bertz CT molecular complexity index is 395. The zero-order chi connectivity index (χ0) is 14.9. The van der Waals surface area contributed by atoms with Crippen molar-refractivity contribution in [2.45, 2.75) is 64.1 Å². The maximum atomic E-state index is 12.7. The Morgan fingerprint density at radius 3 is 2.60 bits per heavy atom. The summed E-state index contributed by atoms with van der Waals surface area (Å²) >= 11 is 0. The van der Waals surface area contributed by atoms with Gasteiger partial charge in [0.15, 0.2) is 0 Å². The summed E-state index contributed by atoms with van der Waals surface area (Å²) in [5, 5.41) is 2.91. The van der Waals surface area contributed by atoms with Gasteiger partial charge in [0.2, 0.25) is 11.8 Å². The van der Waals surface area contributed by atoms with Gasteiger partial charge in [0.25, 0.3) is 0 Å². The van der Waals surface area contributed by atoms with E-state index in [2.05, 4.69) is 5.32 Å². The molecule has 1 aliphatic heterocycles. The Hall–Kier alpha value is -1.10. The maximum Gasteiger partial charge on any atom is 0.246 e. The second kappa shape index (κ2) is 5.72. The van der Waals surface area contributed by atoms with Gasteiger partial charge in [0.05, 0.1) is 0 Å². The number of nitrogens with one attached hydrogen (secondary N) is 1. The SMILES string of the molecule is CCC1NC(=O)C(C)(C2CC2)N(C(C)CCOC)C1=O. The molecule has 114 valence electrons. The monoisotopic (exact) mass is 282 g/mol. The number of hydrogen-bond acceptors (Lipinski definition) is 3. The minimum Gasteiger partial charge on any atom is -0.385 e. The quantitative estimate of drug-likeness (QED) is 0.799. The number of hydrogen-bond donors (Lipinski definition) is 1. The fourth-order valence-electron chi connectivity index (χ4n) is 3.27. The molecule has 1 N–H and O–H groups in total. The first-order valence-corrected chi connectivity index (χ1v) is 7.59. The second-order valence-corrected chi connectivity index (χ2v) is 6.19. The molecule has 2 aliphatic rings. The van der Waals surface area contributed by atoms with Crippen LogP contribution in [0, 0.1) is 5.92 Å². The minimum atomic E-state index is -0.685. The Kier molecular flexibility index (Phi) is 4.37. The van der Waals surface area contributed by atoms with E-state index in [1.165, 1.54) is 0 Å². The van der Waals surface area contributed by atoms with Crippen molar-refractivity contribution < 1.29 is 14.3 Å². The third-order valence-corrected chi connectivity index (χ3v) is 4.76. The van der Waals surface area contributed by atoms with Crippen LogP contribution in [0.3, 0.4) is 0 Å². The van der Waals surface area contributed by atoms with Crippen LogP contribution in [0.15, 0.2) is 0 Å². The highest BCUT2D eigenvalue weighted by molar-refractivity contribution is 6.00. The summed E-state index contributed by atoms with van der Waals surface area (Å²) in [5.74, 6) is 0.370. The standard InChI is InChI=1S/C15H26N2O3/c1-5-12-13(18)17(10(2)8-9-20-4)15(3,11-6-7-11)14(19)16-12/h10-12H,5-9H2,1-4H3,(H,16,19). The van der Waals surface area contributed by atoms with Gasteiger partial charge in [-0.2, -0.15) is 0 Å². The van der Waals surface area contributed by atoms with Crippen molar-refractivity contribution in [3.63, 3.8) is 0 Å². The minimum absolute atomic E-state index is 0.00992. The molecule has 1 aliphatic carbocycles. The third kappa shape index (κ3) is 2.43. The lowest BCUT2D eigenvalue weighted by atomic mass is 9.86. The normalized spacial score (nSPS) is 32.2. The second-order valence-electron chi connectivity index (χ2n) is 6.19. The molecular formula is C15H26N2O3. The summed E-state index contributed by atoms with van der Waals surface area (Å²) in [6.07, 6.45) is 3.45. The molecule has 1 saturated heterocycles. The molecule has 3 unspecified atom stereocenters. The van der Waals surface area contributed by atoms with Crippen molar-refractivity contribution in [1.82, 2.24) is 10.2 Å². The highest BCUT2D eigenvalue weighted by Crippen LogP contribution is 2.45. The Morgan fingerprint density at radius 2 is 2.10 bits per heavy atom. The molecule has 1 saturated carbocycles. The average molecular weight is 282 g/mol. The van der Waals surface area contributed by atoms with E-state index in [1.807, 2.05) is 25.7 Å². The number of nitrogens with zero attached hydrogens (tertiary/aromatic N) is 1. The van der Waals surface area contributed by atoms with Gasteiger partial charge in [-0.3, -0.25) is 9.59 Å². The van der Waals surface area contributed by atoms with E-state index in [0.29, 0.717) is 18.9 Å². The Labute approximate surface area is 121 Å². The molecule has 5 heteroatoms. The lowest BCUT2D eigenvalue weighted by Gasteiger charge is -2.49. The zero-order valence-corrected chi connectivity index (χ0v) is 12.9. The number of ether oxygens (including phenoxy) is 1. The van der Waals surface area contributed by atoms with Gasteiger partial charge in [-0.15, -0.1) is 0 Å². The third-order valence-electron chi connectivity index (χ3n) is 4.76. The molecule has 2 fully saturated rings. The van der Waals surface area contributed by atoms with Gasteiger partial charge >= 0.3 is 0 Å². The van der Waals surface area contributed by atoms with Crippen LogP contribution in [-0.4, -0.2) is 48.1 Å². The largest absolute Gasteiger partial charge is 0.385 e. The lowest BCUT2D eigenvalue weighted by Crippen LogP contribution is -2.72. The number of amides is 2. The molecular weight excluding hydrogens is 256 g/mol. The maximum absolute atomic E-state index is 12.7. The molecule has 0 spiro atoms. The van der Waals surface area contributed by atoms with Crippen molar-refractivity contribution in [3.05, 3.63) is 0 Å². The van der Waals surface area contributed by atoms with Crippen molar-refractivity contribution in [2.75, 3.05) is 13.7 Å². The molecule has 0 aromatic carbocycles. The molecule has 2 amide bonds. The Balaban J connectivity index is 2.27. The summed E-state index contributed by atoms with van der Waals surface area (Å²) < 4.78 is 5.12. The molecule has 20 heavy (non-hydrogen) atoms. The first kappa shape index (κ1) is 15.3. The summed E-state index contributed by atoms with van der Waals surface area (Å²) in [6, 6.07) is -0.354. The van der Waals surface area contributed by atoms with Gasteiger partial charge in [-0.1, -0.05) is 6.92 Å². The number of carbonyl (C=O) groups excluding carboxylic acids is 2. The first-order chi connectivity index (χ1) is 9.46. The zero-order valence-electron chi connectivity index (χ0n) is 12.9. The molecule has 0 bridgehead atoms. The van der Waals surface area contributed by atoms with Gasteiger partial charge in [0.1, 0.15) is 11.6 Å². The molecule has 1 heterocycles. The smallest absolute Gasteiger partial charge is 0.246 e. The fraction of sp³-hybridized carbons (Fsp3) is 0.867. The van der Waals surface area contributed by atoms with Crippen LogP contribution in [0.1, 0.15) is 46.5 Å². The van der Waals surface area contributed by atoms with Crippen LogP contribution in [-0.2, 0) is 14.3 Å². The van der Waals surface area contributed by atoms with Crippen molar-refractivity contribution in [1.29, 1.82) is 0 Å². The summed E-state index contributed by atoms with van der Waals surface area (Å²) in [7, 11) is 1.66. The molecule has 3 atom stereocenters. The number of piperazine rings is 1. The van der Waals surface area contributed by atoms with E-state index in [1.54, 1.807) is 7.11 Å². The Morgan fingerprint density at radius 1 is 1.45 bits per heavy atom. The highest BCUT2D eigenvalue weighted by atomic mass is 16.5. The van der Waals surface area contributed by atoms with E-state index in [4.69, 9.17) is 4.74 Å². The average Bonchev–Trinajstić information content (AvgIpc) is 3.25. The lowest BCUT2D eigenvalue weighted by molar-refractivity contribution is -0.161. The van der Waals surface area contributed by atoms with Crippen molar-refractivity contribution in [2.24, 2.45) is 5.92 Å². The van der Waals surface area contributed by atoms with Crippen LogP contribution in [0.25, 0.3) is 0 Å². The van der Waals surface area contributed by atoms with Crippen LogP contribution >= 0.6 is 0 Å². The highest BCUT2D eigenvalue weighted by Gasteiger charge is 2.57. The van der Waals surface area contributed by atoms with Gasteiger partial charge < -0.3 is 15.0 Å². The number of methoxy groups -OCH3 is 1. The predicted molar refractivity (Wildman–Crippen MR) is 76.2 cm³/mol. The summed E-state index contributed by atoms with van der Waals surface area (Å²) in [4.78, 5) is 27.1. The van der Waals surface area contributed by atoms with Crippen LogP contribution in [0.4, 0.5) is 0 Å². The van der Waals surface area contributed by atoms with E-state index in [-0.39, 0.29) is 23.9 Å². The molecule has 2 rings (SSSR count). The van der Waals surface area contributed by atoms with Crippen molar-refractivity contribution in [3.8, 4) is 0 Å². The molecule has 0 aromatic heterocycles. The van der Waals surface area contributed by atoms with E-state index < -0.39 is 5.54 Å². The molecule has 0 aromatic rings. The van der Waals surface area contributed by atoms with Crippen LogP contribution in [0.5, 0.6) is 0 Å². The summed E-state index contributed by atoms with van der Waals surface area (Å²) in [6.45, 7) is 6.47. The molecule has 5 nitrogen and oxygen atoms in total. The number of carbonyl (C=O) groups is 2. The van der Waals surface area contributed by atoms with Gasteiger partial charge in [0, 0.05) is 19.8 Å². The first-order valence-electron chi connectivity index (χ1n) is 7.59. The summed E-state index contributed by atoms with van der Waals surface area (Å²) in [5.41, 5.74) is -0.685. The van der Waals surface area contributed by atoms with Crippen LogP contribution in [0.2, 0.25) is 0 Å². The predicted octanol–water partition coefficient (Wildman–Crippen LogP) is 1.32. The van der Waals surface area contributed by atoms with Crippen LogP contribution < -0.4 is 5.32 Å².